The first kappa shape index (κ1) is 19.6. The van der Waals surface area contributed by atoms with Gasteiger partial charge in [0.25, 0.3) is 10.0 Å². The van der Waals surface area contributed by atoms with Crippen molar-refractivity contribution < 1.29 is 17.9 Å². The highest BCUT2D eigenvalue weighted by atomic mass is 35.5. The van der Waals surface area contributed by atoms with Crippen LogP contribution in [0, 0.1) is 0 Å². The maximum absolute atomic E-state index is 12.0. The number of carbonyl (C=O) groups is 1. The zero-order valence-electron chi connectivity index (χ0n) is 14.8. The monoisotopic (exact) mass is 447 g/mol. The lowest BCUT2D eigenvalue weighted by Crippen LogP contribution is -2.23. The van der Waals surface area contributed by atoms with Gasteiger partial charge in [-0.05, 0) is 18.2 Å². The summed E-state index contributed by atoms with van der Waals surface area (Å²) in [6.07, 6.45) is 0. The summed E-state index contributed by atoms with van der Waals surface area (Å²) in [6.45, 7) is -0.319. The molecule has 0 amide bonds. The highest BCUT2D eigenvalue weighted by Gasteiger charge is 2.30. The summed E-state index contributed by atoms with van der Waals surface area (Å²) in [7, 11) is -3.64. The van der Waals surface area contributed by atoms with E-state index in [1.165, 1.54) is 17.4 Å². The predicted octanol–water partition coefficient (Wildman–Crippen LogP) is 3.25. The van der Waals surface area contributed by atoms with Crippen LogP contribution in [0.5, 0.6) is 0 Å². The number of amidine groups is 1. The third kappa shape index (κ3) is 4.16. The molecule has 0 aliphatic carbocycles. The van der Waals surface area contributed by atoms with Crippen LogP contribution in [0.4, 0.5) is 0 Å². The van der Waals surface area contributed by atoms with E-state index >= 15 is 0 Å². The van der Waals surface area contributed by atoms with Crippen molar-refractivity contribution in [2.24, 2.45) is 4.99 Å². The molecule has 0 bridgehead atoms. The maximum Gasteiger partial charge on any atom is 0.328 e. The average Bonchev–Trinajstić information content (AvgIpc) is 3.28. The minimum Gasteiger partial charge on any atom is -0.458 e. The van der Waals surface area contributed by atoms with Gasteiger partial charge in [0.1, 0.15) is 24.0 Å². The smallest absolute Gasteiger partial charge is 0.328 e. The number of ether oxygens (including phenoxy) is 1. The molecule has 0 fully saturated rings. The molecule has 148 valence electrons. The van der Waals surface area contributed by atoms with Gasteiger partial charge in [-0.25, -0.2) is 13.4 Å². The average molecular weight is 448 g/mol. The molecule has 2 heterocycles. The van der Waals surface area contributed by atoms with E-state index in [1.54, 1.807) is 29.6 Å². The number of aromatic nitrogens is 1. The first-order valence-corrected chi connectivity index (χ1v) is 11.2. The second-order valence-electron chi connectivity index (χ2n) is 6.05. The fourth-order valence-electron chi connectivity index (χ4n) is 2.73. The number of halogens is 1. The van der Waals surface area contributed by atoms with E-state index in [9.17, 15) is 13.2 Å². The van der Waals surface area contributed by atoms with E-state index < -0.39 is 16.0 Å². The minimum atomic E-state index is -3.64. The maximum atomic E-state index is 12.0. The van der Waals surface area contributed by atoms with Crippen LogP contribution >= 0.6 is 22.9 Å². The summed E-state index contributed by atoms with van der Waals surface area (Å²) in [5.41, 5.74) is 1.84. The summed E-state index contributed by atoms with van der Waals surface area (Å²) in [5.74, 6) is -0.458. The van der Waals surface area contributed by atoms with E-state index in [0.29, 0.717) is 16.3 Å². The van der Waals surface area contributed by atoms with Gasteiger partial charge in [-0.1, -0.05) is 41.9 Å². The highest BCUT2D eigenvalue weighted by Crippen LogP contribution is 2.30. The summed E-state index contributed by atoms with van der Waals surface area (Å²) in [6, 6.07) is 13.8. The quantitative estimate of drug-likeness (QED) is 0.605. The van der Waals surface area contributed by atoms with E-state index in [1.807, 2.05) is 18.2 Å². The molecule has 0 saturated carbocycles. The number of hydrogen-bond acceptors (Lipinski definition) is 7. The summed E-state index contributed by atoms with van der Waals surface area (Å²) < 4.78 is 31.6. The topological polar surface area (TPSA) is 97.7 Å². The molecule has 0 atom stereocenters. The zero-order valence-corrected chi connectivity index (χ0v) is 17.2. The Morgan fingerprint density at radius 1 is 1.14 bits per heavy atom. The molecule has 0 saturated heterocycles. The Balaban J connectivity index is 1.38. The van der Waals surface area contributed by atoms with Gasteiger partial charge in [0, 0.05) is 16.5 Å². The molecule has 3 aromatic rings. The molecular formula is C19H14ClN3O4S2. The number of carbonyl (C=O) groups excluding carboxylic acids is 1. The molecule has 0 spiro atoms. The largest absolute Gasteiger partial charge is 0.458 e. The molecule has 4 rings (SSSR count). The fraction of sp³-hybridized carbons (Fsp3) is 0.105. The second kappa shape index (κ2) is 7.94. The Bertz CT molecular complexity index is 1220. The second-order valence-corrected chi connectivity index (χ2v) is 8.97. The van der Waals surface area contributed by atoms with Crippen molar-refractivity contribution >= 4 is 44.8 Å². The lowest BCUT2D eigenvalue weighted by Gasteiger charge is -2.02. The van der Waals surface area contributed by atoms with Crippen molar-refractivity contribution in [1.82, 2.24) is 9.71 Å². The number of sulfonamides is 1. The zero-order chi connectivity index (χ0) is 20.4. The van der Waals surface area contributed by atoms with Gasteiger partial charge >= 0.3 is 5.97 Å². The third-order valence-corrected chi connectivity index (χ3v) is 6.72. The number of nitrogens with zero attached hydrogens (tertiary/aromatic N) is 2. The Morgan fingerprint density at radius 3 is 2.66 bits per heavy atom. The molecule has 7 nitrogen and oxygen atoms in total. The first-order valence-electron chi connectivity index (χ1n) is 8.45. The van der Waals surface area contributed by atoms with Gasteiger partial charge in [-0.3, -0.25) is 14.5 Å². The number of rotatable bonds is 5. The van der Waals surface area contributed by atoms with Crippen molar-refractivity contribution in [3.8, 4) is 10.6 Å². The van der Waals surface area contributed by atoms with Crippen LogP contribution in [0.1, 0.15) is 11.3 Å². The molecule has 1 aliphatic rings. The van der Waals surface area contributed by atoms with Crippen LogP contribution in [0.25, 0.3) is 10.6 Å². The van der Waals surface area contributed by atoms with Crippen LogP contribution in [0.3, 0.4) is 0 Å². The number of benzene rings is 2. The van der Waals surface area contributed by atoms with Gasteiger partial charge in [-0.2, -0.15) is 0 Å². The van der Waals surface area contributed by atoms with Gasteiger partial charge in [-0.15, -0.1) is 11.3 Å². The van der Waals surface area contributed by atoms with Crippen LogP contribution < -0.4 is 4.72 Å². The molecule has 0 radical (unpaired) electrons. The van der Waals surface area contributed by atoms with Crippen molar-refractivity contribution in [2.75, 3.05) is 6.54 Å². The van der Waals surface area contributed by atoms with Gasteiger partial charge in [0.15, 0.2) is 0 Å². The van der Waals surface area contributed by atoms with Gasteiger partial charge in [0.05, 0.1) is 15.6 Å². The predicted molar refractivity (Wildman–Crippen MR) is 111 cm³/mol. The Morgan fingerprint density at radius 2 is 1.86 bits per heavy atom. The van der Waals surface area contributed by atoms with Crippen LogP contribution in [0.15, 0.2) is 63.8 Å². The number of nitrogens with one attached hydrogen (secondary N) is 1. The standard InChI is InChI=1S/C19H14ClN3O4S2/c20-15-7-3-1-5-13(15)19-22-12(11-28-19)10-27-17(24)9-21-18-14-6-2-4-8-16(14)29(25,26)23-18/h1-8,11H,9-10H2,(H,21,23). The fourth-order valence-corrected chi connectivity index (χ4v) is 5.10. The number of hydrogen-bond donors (Lipinski definition) is 1. The Kier molecular flexibility index (Phi) is 5.35. The molecule has 2 aromatic carbocycles. The summed E-state index contributed by atoms with van der Waals surface area (Å²) >= 11 is 7.58. The lowest BCUT2D eigenvalue weighted by atomic mass is 10.2. The van der Waals surface area contributed by atoms with Crippen molar-refractivity contribution in [3.05, 3.63) is 70.2 Å². The van der Waals surface area contributed by atoms with Crippen LogP contribution in [-0.2, 0) is 26.2 Å². The molecular weight excluding hydrogens is 434 g/mol. The summed E-state index contributed by atoms with van der Waals surface area (Å²) in [5, 5.41) is 3.12. The molecule has 10 heteroatoms. The van der Waals surface area contributed by atoms with E-state index in [2.05, 4.69) is 14.7 Å². The normalized spacial score (nSPS) is 15.7. The molecule has 1 aliphatic heterocycles. The van der Waals surface area contributed by atoms with Crippen LogP contribution in [-0.4, -0.2) is 31.8 Å². The van der Waals surface area contributed by atoms with E-state index in [-0.39, 0.29) is 23.9 Å². The molecule has 1 aromatic heterocycles. The van der Waals surface area contributed by atoms with Gasteiger partial charge in [0.2, 0.25) is 0 Å². The highest BCUT2D eigenvalue weighted by molar-refractivity contribution is 7.90. The first-order chi connectivity index (χ1) is 13.9. The number of thiazole rings is 1. The van der Waals surface area contributed by atoms with Crippen molar-refractivity contribution in [3.63, 3.8) is 0 Å². The number of fused-ring (bicyclic) bond motifs is 1. The van der Waals surface area contributed by atoms with E-state index in [0.717, 1.165) is 10.6 Å². The lowest BCUT2D eigenvalue weighted by molar-refractivity contribution is -0.143. The minimum absolute atomic E-state index is 0.00699. The molecule has 0 unspecified atom stereocenters. The van der Waals surface area contributed by atoms with Gasteiger partial charge < -0.3 is 4.74 Å². The number of esters is 1. The molecule has 1 N–H and O–H groups in total. The Hall–Kier alpha value is -2.75. The number of aliphatic imine (C=N–C) groups is 1. The van der Waals surface area contributed by atoms with E-state index in [4.69, 9.17) is 16.3 Å². The van der Waals surface area contributed by atoms with Crippen molar-refractivity contribution in [2.45, 2.75) is 11.5 Å². The van der Waals surface area contributed by atoms with Crippen molar-refractivity contribution in [1.29, 1.82) is 0 Å². The molecule has 29 heavy (non-hydrogen) atoms. The van der Waals surface area contributed by atoms with Crippen LogP contribution in [0.2, 0.25) is 5.02 Å². The third-order valence-electron chi connectivity index (χ3n) is 4.07. The summed E-state index contributed by atoms with van der Waals surface area (Å²) in [4.78, 5) is 20.6. The SMILES string of the molecule is O=C(CN=C1NS(=O)(=O)c2ccccc21)OCc1csc(-c2ccccc2Cl)n1. The Labute approximate surface area is 176 Å².